The van der Waals surface area contributed by atoms with Gasteiger partial charge in [-0.15, -0.1) is 35.6 Å². The molecular weight excluding hydrogens is 591 g/mol. The maximum atomic E-state index is 12.9. The zero-order chi connectivity index (χ0) is 27.1. The van der Waals surface area contributed by atoms with Gasteiger partial charge in [0.1, 0.15) is 0 Å². The maximum absolute atomic E-state index is 12.9. The van der Waals surface area contributed by atoms with E-state index in [-0.39, 0.29) is 30.7 Å². The lowest BCUT2D eigenvalue weighted by Gasteiger charge is -2.35. The number of anilines is 1. The Kier molecular flexibility index (Phi) is 13.9. The Labute approximate surface area is 233 Å². The third-order valence-corrected chi connectivity index (χ3v) is 10.7. The zero-order valence-corrected chi connectivity index (χ0v) is 24.4. The molecule has 1 aromatic carbocycles. The molecule has 0 aromatic heterocycles. The average Bonchev–Trinajstić information content (AvgIpc) is 2.81. The van der Waals surface area contributed by atoms with Gasteiger partial charge in [-0.1, -0.05) is 12.1 Å². The fourth-order valence-electron chi connectivity index (χ4n) is 4.29. The van der Waals surface area contributed by atoms with Gasteiger partial charge in [0.2, 0.25) is 5.91 Å². The van der Waals surface area contributed by atoms with E-state index in [1.807, 2.05) is 24.3 Å². The van der Waals surface area contributed by atoms with Crippen LogP contribution in [-0.4, -0.2) is 84.6 Å². The summed E-state index contributed by atoms with van der Waals surface area (Å²) in [5.74, 6) is 0.572. The van der Waals surface area contributed by atoms with Gasteiger partial charge >= 0.3 is 15.2 Å². The molecular formula is C21H36Cl3N3O8P2. The normalized spacial score (nSPS) is 16.3. The molecule has 0 saturated carbocycles. The van der Waals surface area contributed by atoms with Gasteiger partial charge < -0.3 is 40.2 Å². The highest BCUT2D eigenvalue weighted by Crippen LogP contribution is 2.69. The topological polar surface area (TPSA) is 185 Å². The second kappa shape index (κ2) is 14.8. The van der Waals surface area contributed by atoms with Crippen LogP contribution in [0.5, 0.6) is 0 Å². The van der Waals surface area contributed by atoms with E-state index in [0.29, 0.717) is 57.2 Å². The number of rotatable bonds is 13. The lowest BCUT2D eigenvalue weighted by atomic mass is 9.91. The van der Waals surface area contributed by atoms with E-state index in [4.69, 9.17) is 28.9 Å². The first-order valence-corrected chi connectivity index (χ1v) is 15.9. The number of aliphatic hydroxyl groups is 1. The quantitative estimate of drug-likeness (QED) is 0.140. The minimum atomic E-state index is -5.47. The summed E-state index contributed by atoms with van der Waals surface area (Å²) in [6, 6.07) is 6.95. The van der Waals surface area contributed by atoms with Crippen molar-refractivity contribution in [3.8, 4) is 0 Å². The molecule has 214 valence electrons. The molecule has 0 unspecified atom stereocenters. The molecule has 0 spiro atoms. The molecule has 0 radical (unpaired) electrons. The second-order valence-electron chi connectivity index (χ2n) is 9.01. The van der Waals surface area contributed by atoms with Crippen LogP contribution in [0.25, 0.3) is 0 Å². The molecule has 1 heterocycles. The number of carbonyl (C=O) groups is 1. The van der Waals surface area contributed by atoms with E-state index in [2.05, 4.69) is 4.90 Å². The number of nitrogens with two attached hydrogens (primary N) is 1. The van der Waals surface area contributed by atoms with Crippen molar-refractivity contribution in [3.05, 3.63) is 29.8 Å². The summed E-state index contributed by atoms with van der Waals surface area (Å²) in [5.41, 5.74) is 8.06. The van der Waals surface area contributed by atoms with Crippen molar-refractivity contribution in [1.29, 1.82) is 0 Å². The number of benzene rings is 1. The van der Waals surface area contributed by atoms with E-state index in [1.165, 1.54) is 0 Å². The Hall–Kier alpha value is -0.420. The molecule has 1 amide bonds. The fourth-order valence-corrected chi connectivity index (χ4v) is 6.90. The first-order valence-electron chi connectivity index (χ1n) is 11.6. The molecule has 1 fully saturated rings. The molecule has 7 N–H and O–H groups in total. The molecule has 16 heteroatoms. The first-order chi connectivity index (χ1) is 16.7. The summed E-state index contributed by atoms with van der Waals surface area (Å²) in [7, 11) is -10.9. The Morgan fingerprint density at radius 3 is 1.97 bits per heavy atom. The molecule has 1 aliphatic rings. The minimum absolute atomic E-state index is 0. The van der Waals surface area contributed by atoms with Gasteiger partial charge in [0, 0.05) is 50.0 Å². The van der Waals surface area contributed by atoms with Crippen molar-refractivity contribution < 1.29 is 38.6 Å². The van der Waals surface area contributed by atoms with Crippen LogP contribution >= 0.6 is 50.8 Å². The summed E-state index contributed by atoms with van der Waals surface area (Å²) in [5, 5.41) is 6.64. The standard InChI is InChI=1S/C21H35Cl2N3O8P2.ClH/c22-9-13-25(14-10-23)18-3-1-17(2-4-18)15-19(24)20(27)26-11-6-16(7-12-26)5-8-21(28,35(29,30)31)36(32,33)34;/h1-4,16,19,28H,5-15,24H2,(H2,29,30,31)(H2,32,33,34);1H/t19-;/m0./s1. The number of hydrogen-bond acceptors (Lipinski definition) is 6. The molecule has 37 heavy (non-hydrogen) atoms. The van der Waals surface area contributed by atoms with Crippen molar-refractivity contribution in [2.45, 2.75) is 43.2 Å². The van der Waals surface area contributed by atoms with E-state index >= 15 is 0 Å². The number of amides is 1. The van der Waals surface area contributed by atoms with E-state index in [0.717, 1.165) is 11.3 Å². The van der Waals surface area contributed by atoms with Crippen molar-refractivity contribution in [1.82, 2.24) is 4.90 Å². The summed E-state index contributed by atoms with van der Waals surface area (Å²) in [4.78, 5) is 53.7. The van der Waals surface area contributed by atoms with Gasteiger partial charge in [-0.05, 0) is 49.3 Å². The van der Waals surface area contributed by atoms with Crippen LogP contribution in [0.3, 0.4) is 0 Å². The Morgan fingerprint density at radius 1 is 1.05 bits per heavy atom. The number of nitrogens with zero attached hydrogens (tertiary/aromatic N) is 2. The van der Waals surface area contributed by atoms with Crippen molar-refractivity contribution in [2.75, 3.05) is 42.8 Å². The Bertz CT molecular complexity index is 927. The van der Waals surface area contributed by atoms with Crippen LogP contribution < -0.4 is 10.6 Å². The van der Waals surface area contributed by atoms with Gasteiger partial charge in [-0.2, -0.15) is 0 Å². The van der Waals surface area contributed by atoms with Gasteiger partial charge in [0.25, 0.3) is 5.08 Å². The highest BCUT2D eigenvalue weighted by Gasteiger charge is 2.58. The van der Waals surface area contributed by atoms with Gasteiger partial charge in [-0.3, -0.25) is 13.9 Å². The number of carbonyl (C=O) groups excluding carboxylic acids is 1. The number of alkyl halides is 2. The predicted octanol–water partition coefficient (Wildman–Crippen LogP) is 2.28. The van der Waals surface area contributed by atoms with Crippen LogP contribution in [-0.2, 0) is 20.3 Å². The molecule has 1 aromatic rings. The predicted molar refractivity (Wildman–Crippen MR) is 147 cm³/mol. The molecule has 1 aliphatic heterocycles. The van der Waals surface area contributed by atoms with Crippen LogP contribution in [0.2, 0.25) is 0 Å². The number of hydrogen-bond donors (Lipinski definition) is 6. The molecule has 1 saturated heterocycles. The summed E-state index contributed by atoms with van der Waals surface area (Å²) < 4.78 is 23.0. The molecule has 0 aliphatic carbocycles. The number of likely N-dealkylation sites (tertiary alicyclic amines) is 1. The molecule has 0 bridgehead atoms. The minimum Gasteiger partial charge on any atom is -0.369 e. The van der Waals surface area contributed by atoms with Crippen molar-refractivity contribution in [2.24, 2.45) is 11.7 Å². The molecule has 11 nitrogen and oxygen atoms in total. The van der Waals surface area contributed by atoms with Crippen LogP contribution in [0, 0.1) is 5.92 Å². The summed E-state index contributed by atoms with van der Waals surface area (Å²) in [6.45, 7) is 2.04. The maximum Gasteiger partial charge on any atom is 0.369 e. The van der Waals surface area contributed by atoms with Gasteiger partial charge in [0.15, 0.2) is 0 Å². The second-order valence-corrected chi connectivity index (χ2v) is 13.8. The fraction of sp³-hybridized carbons (Fsp3) is 0.667. The Morgan fingerprint density at radius 2 is 1.54 bits per heavy atom. The lowest BCUT2D eigenvalue weighted by Crippen LogP contribution is -2.48. The SMILES string of the molecule is Cl.N[C@@H](Cc1ccc(N(CCCl)CCCl)cc1)C(=O)N1CCC(CCC(O)(P(=O)(O)O)P(=O)(O)O)CC1. The molecule has 1 atom stereocenters. The summed E-state index contributed by atoms with van der Waals surface area (Å²) in [6.07, 6.45) is 0.521. The average molecular weight is 627 g/mol. The first kappa shape index (κ1) is 34.6. The van der Waals surface area contributed by atoms with E-state index in [1.54, 1.807) is 4.90 Å². The van der Waals surface area contributed by atoms with Crippen LogP contribution in [0.15, 0.2) is 24.3 Å². The van der Waals surface area contributed by atoms with Crippen LogP contribution in [0.4, 0.5) is 5.69 Å². The number of piperidine rings is 1. The van der Waals surface area contributed by atoms with Gasteiger partial charge in [-0.25, -0.2) is 0 Å². The number of halogens is 3. The highest BCUT2D eigenvalue weighted by atomic mass is 35.5. The van der Waals surface area contributed by atoms with Crippen molar-refractivity contribution >= 4 is 62.4 Å². The van der Waals surface area contributed by atoms with Crippen LogP contribution in [0.1, 0.15) is 31.2 Å². The van der Waals surface area contributed by atoms with Gasteiger partial charge in [0.05, 0.1) is 6.04 Å². The zero-order valence-electron chi connectivity index (χ0n) is 20.2. The van der Waals surface area contributed by atoms with E-state index in [9.17, 15) is 38.6 Å². The highest BCUT2D eigenvalue weighted by molar-refractivity contribution is 7.72. The third kappa shape index (κ3) is 9.33. The Balaban J connectivity index is 0.00000684. The smallest absolute Gasteiger partial charge is 0.369 e. The van der Waals surface area contributed by atoms with E-state index < -0.39 is 32.7 Å². The van der Waals surface area contributed by atoms with Crippen molar-refractivity contribution in [3.63, 3.8) is 0 Å². The molecule has 2 rings (SSSR count). The lowest BCUT2D eigenvalue weighted by molar-refractivity contribution is -0.134. The summed E-state index contributed by atoms with van der Waals surface area (Å²) >= 11 is 11.7. The largest absolute Gasteiger partial charge is 0.369 e. The third-order valence-electron chi connectivity index (χ3n) is 6.53. The monoisotopic (exact) mass is 625 g/mol.